The second kappa shape index (κ2) is 3.79. The lowest BCUT2D eigenvalue weighted by atomic mass is 10.3. The number of esters is 1. The molecule has 15 heavy (non-hydrogen) atoms. The van der Waals surface area contributed by atoms with Crippen LogP contribution in [0.2, 0.25) is 0 Å². The third-order valence-electron chi connectivity index (χ3n) is 1.90. The number of fused-ring (bicyclic) bond motifs is 1. The van der Waals surface area contributed by atoms with Crippen LogP contribution >= 0.6 is 27.3 Å². The van der Waals surface area contributed by atoms with Crippen LogP contribution in [0.5, 0.6) is 0 Å². The first-order chi connectivity index (χ1) is 7.13. The summed E-state index contributed by atoms with van der Waals surface area (Å²) in [7, 11) is 1.33. The van der Waals surface area contributed by atoms with Crippen LogP contribution in [0, 0.1) is 0 Å². The summed E-state index contributed by atoms with van der Waals surface area (Å²) in [5, 5.41) is 0. The van der Waals surface area contributed by atoms with Gasteiger partial charge >= 0.3 is 5.97 Å². The van der Waals surface area contributed by atoms with Gasteiger partial charge in [-0.05, 0) is 22.0 Å². The summed E-state index contributed by atoms with van der Waals surface area (Å²) in [5.41, 5.74) is 6.82. The molecule has 2 aromatic rings. The number of nitrogens with zero attached hydrogens (tertiary/aromatic N) is 1. The molecule has 0 radical (unpaired) electrons. The summed E-state index contributed by atoms with van der Waals surface area (Å²) < 4.78 is 6.35. The number of methoxy groups -OCH3 is 1. The Morgan fingerprint density at radius 1 is 1.67 bits per heavy atom. The maximum absolute atomic E-state index is 11.4. The highest BCUT2D eigenvalue weighted by molar-refractivity contribution is 9.10. The number of carbonyl (C=O) groups excluding carboxylic acids is 1. The predicted molar refractivity (Wildman–Crippen MR) is 63.1 cm³/mol. The minimum atomic E-state index is -0.424. The number of halogens is 1. The van der Waals surface area contributed by atoms with Gasteiger partial charge in [0.25, 0.3) is 0 Å². The zero-order valence-electron chi connectivity index (χ0n) is 7.78. The highest BCUT2D eigenvalue weighted by Crippen LogP contribution is 2.33. The lowest BCUT2D eigenvalue weighted by Crippen LogP contribution is -2.01. The number of ether oxygens (including phenoxy) is 1. The molecule has 0 saturated heterocycles. The van der Waals surface area contributed by atoms with Gasteiger partial charge in [0, 0.05) is 10.7 Å². The number of anilines is 1. The Bertz CT molecular complexity index is 538. The van der Waals surface area contributed by atoms with Crippen molar-refractivity contribution in [2.24, 2.45) is 0 Å². The molecular formula is C9H7BrN2O2S. The van der Waals surface area contributed by atoms with E-state index < -0.39 is 5.97 Å². The normalized spacial score (nSPS) is 10.5. The number of hydrogen-bond donors (Lipinski definition) is 1. The molecule has 2 aromatic heterocycles. The number of hydrogen-bond acceptors (Lipinski definition) is 5. The van der Waals surface area contributed by atoms with Gasteiger partial charge in [0.2, 0.25) is 0 Å². The van der Waals surface area contributed by atoms with Crippen molar-refractivity contribution < 1.29 is 9.53 Å². The number of nitrogen functional groups attached to an aromatic ring is 1. The van der Waals surface area contributed by atoms with E-state index in [0.717, 1.165) is 9.17 Å². The summed E-state index contributed by atoms with van der Waals surface area (Å²) in [6, 6.07) is 1.87. The van der Waals surface area contributed by atoms with Gasteiger partial charge < -0.3 is 10.5 Å². The minimum Gasteiger partial charge on any atom is -0.465 e. The van der Waals surface area contributed by atoms with Crippen molar-refractivity contribution in [1.29, 1.82) is 0 Å². The molecule has 6 heteroatoms. The molecule has 0 amide bonds. The molecule has 0 bridgehead atoms. The fraction of sp³-hybridized carbons (Fsp3) is 0.111. The minimum absolute atomic E-state index is 0.384. The van der Waals surface area contributed by atoms with Crippen LogP contribution in [-0.2, 0) is 4.74 Å². The standard InChI is InChI=1S/C9H7BrN2O2S/c1-14-9(13)8-6(11)7-5(15-8)2-4(10)3-12-7/h2-3H,11H2,1H3. The third kappa shape index (κ3) is 1.70. The van der Waals surface area contributed by atoms with Crippen LogP contribution in [-0.4, -0.2) is 18.1 Å². The van der Waals surface area contributed by atoms with Gasteiger partial charge in [-0.2, -0.15) is 0 Å². The van der Waals surface area contributed by atoms with Crippen LogP contribution in [0.1, 0.15) is 9.67 Å². The van der Waals surface area contributed by atoms with Crippen molar-refractivity contribution in [2.45, 2.75) is 0 Å². The fourth-order valence-corrected chi connectivity index (χ4v) is 2.74. The first-order valence-corrected chi connectivity index (χ1v) is 5.66. The van der Waals surface area contributed by atoms with Gasteiger partial charge in [0.1, 0.15) is 10.4 Å². The Morgan fingerprint density at radius 2 is 2.40 bits per heavy atom. The lowest BCUT2D eigenvalue weighted by Gasteiger charge is -1.95. The second-order valence-corrected chi connectivity index (χ2v) is 4.80. The number of nitrogens with two attached hydrogens (primary N) is 1. The summed E-state index contributed by atoms with van der Waals surface area (Å²) in [6.07, 6.45) is 1.65. The van der Waals surface area contributed by atoms with E-state index in [0.29, 0.717) is 16.1 Å². The zero-order valence-corrected chi connectivity index (χ0v) is 10.2. The van der Waals surface area contributed by atoms with Crippen LogP contribution in [0.25, 0.3) is 10.2 Å². The average molecular weight is 287 g/mol. The van der Waals surface area contributed by atoms with Crippen molar-refractivity contribution in [3.8, 4) is 0 Å². The Labute approximate surface area is 98.2 Å². The molecule has 0 atom stereocenters. The molecule has 2 heterocycles. The predicted octanol–water partition coefficient (Wildman–Crippen LogP) is 2.43. The summed E-state index contributed by atoms with van der Waals surface area (Å²) in [5.74, 6) is -0.424. The van der Waals surface area contributed by atoms with Crippen LogP contribution in [0.15, 0.2) is 16.7 Å². The highest BCUT2D eigenvalue weighted by Gasteiger charge is 2.17. The fourth-order valence-electron chi connectivity index (χ4n) is 1.22. The monoisotopic (exact) mass is 286 g/mol. The smallest absolute Gasteiger partial charge is 0.350 e. The van der Waals surface area contributed by atoms with Gasteiger partial charge in [-0.15, -0.1) is 11.3 Å². The first-order valence-electron chi connectivity index (χ1n) is 4.05. The summed E-state index contributed by atoms with van der Waals surface area (Å²) in [4.78, 5) is 15.9. The largest absolute Gasteiger partial charge is 0.465 e. The van der Waals surface area contributed by atoms with Crippen molar-refractivity contribution in [2.75, 3.05) is 12.8 Å². The number of rotatable bonds is 1. The molecule has 78 valence electrons. The zero-order chi connectivity index (χ0) is 11.0. The third-order valence-corrected chi connectivity index (χ3v) is 3.46. The highest BCUT2D eigenvalue weighted by atomic mass is 79.9. The Kier molecular flexibility index (Phi) is 2.62. The van der Waals surface area contributed by atoms with Crippen LogP contribution in [0.4, 0.5) is 5.69 Å². The Morgan fingerprint density at radius 3 is 3.07 bits per heavy atom. The van der Waals surface area contributed by atoms with E-state index in [1.54, 1.807) is 6.20 Å². The molecule has 2 rings (SSSR count). The molecular weight excluding hydrogens is 280 g/mol. The van der Waals surface area contributed by atoms with Crippen molar-refractivity contribution >= 4 is 49.1 Å². The van der Waals surface area contributed by atoms with Gasteiger partial charge in [-0.3, -0.25) is 4.98 Å². The molecule has 4 nitrogen and oxygen atoms in total. The van der Waals surface area contributed by atoms with Crippen molar-refractivity contribution in [3.05, 3.63) is 21.6 Å². The molecule has 0 saturated carbocycles. The topological polar surface area (TPSA) is 65.2 Å². The van der Waals surface area contributed by atoms with E-state index in [1.807, 2.05) is 6.07 Å². The van der Waals surface area contributed by atoms with E-state index in [2.05, 4.69) is 25.7 Å². The molecule has 0 aliphatic heterocycles. The van der Waals surface area contributed by atoms with Crippen molar-refractivity contribution in [1.82, 2.24) is 4.98 Å². The molecule has 0 unspecified atom stereocenters. The maximum Gasteiger partial charge on any atom is 0.350 e. The quantitative estimate of drug-likeness (QED) is 0.818. The van der Waals surface area contributed by atoms with E-state index in [9.17, 15) is 4.79 Å². The van der Waals surface area contributed by atoms with E-state index in [-0.39, 0.29) is 0 Å². The maximum atomic E-state index is 11.4. The lowest BCUT2D eigenvalue weighted by molar-refractivity contribution is 0.0607. The van der Waals surface area contributed by atoms with Gasteiger partial charge in [-0.25, -0.2) is 4.79 Å². The van der Waals surface area contributed by atoms with Crippen LogP contribution < -0.4 is 5.73 Å². The molecule has 0 fully saturated rings. The molecule has 0 spiro atoms. The number of aromatic nitrogens is 1. The van der Waals surface area contributed by atoms with Crippen molar-refractivity contribution in [3.63, 3.8) is 0 Å². The SMILES string of the molecule is COC(=O)c1sc2cc(Br)cnc2c1N. The summed E-state index contributed by atoms with van der Waals surface area (Å²) in [6.45, 7) is 0. The van der Waals surface area contributed by atoms with Gasteiger partial charge in [0.05, 0.1) is 17.5 Å². The average Bonchev–Trinajstić information content (AvgIpc) is 2.54. The van der Waals surface area contributed by atoms with E-state index in [1.165, 1.54) is 18.4 Å². The van der Waals surface area contributed by atoms with Gasteiger partial charge in [-0.1, -0.05) is 0 Å². The molecule has 0 aliphatic carbocycles. The molecule has 0 aliphatic rings. The Balaban J connectivity index is 2.69. The molecule has 2 N–H and O–H groups in total. The van der Waals surface area contributed by atoms with E-state index >= 15 is 0 Å². The van der Waals surface area contributed by atoms with Crippen LogP contribution in [0.3, 0.4) is 0 Å². The van der Waals surface area contributed by atoms with E-state index in [4.69, 9.17) is 5.73 Å². The van der Waals surface area contributed by atoms with Gasteiger partial charge in [0.15, 0.2) is 0 Å². The number of carbonyl (C=O) groups is 1. The first kappa shape index (κ1) is 10.4. The Hall–Kier alpha value is -1.14. The number of thiophene rings is 1. The number of pyridine rings is 1. The second-order valence-electron chi connectivity index (χ2n) is 2.84. The molecule has 0 aromatic carbocycles. The summed E-state index contributed by atoms with van der Waals surface area (Å²) >= 11 is 4.59.